The number of nitrogens with zero attached hydrogens (tertiary/aromatic N) is 4. The molecule has 0 spiro atoms. The second-order valence-corrected chi connectivity index (χ2v) is 7.88. The fraction of sp³-hybridized carbons (Fsp3) is 0.280. The fourth-order valence-corrected chi connectivity index (χ4v) is 4.00. The molecular formula is C25H25N5O2. The molecule has 2 amide bonds. The minimum absolute atomic E-state index is 0.134. The highest BCUT2D eigenvalue weighted by atomic mass is 16.2. The van der Waals surface area contributed by atoms with Crippen molar-refractivity contribution >= 4 is 17.5 Å². The van der Waals surface area contributed by atoms with Gasteiger partial charge in [-0.05, 0) is 42.7 Å². The standard InChI is InChI=1S/C25H25N5O2/c26-15-19-8-10-20(11-9-19)17-29-18-27-16-22(29)12-13-28-24(31)23-7-4-14-30(25(23)32)21-5-2-1-3-6-21/h1-3,5-6,8-11,16,18,23H,4,7,12-14,17H2,(H,28,31). The highest BCUT2D eigenvalue weighted by molar-refractivity contribution is 6.08. The monoisotopic (exact) mass is 427 g/mol. The lowest BCUT2D eigenvalue weighted by atomic mass is 9.95. The first-order chi connectivity index (χ1) is 15.7. The van der Waals surface area contributed by atoms with Crippen LogP contribution >= 0.6 is 0 Å². The van der Waals surface area contributed by atoms with Crippen molar-refractivity contribution in [2.45, 2.75) is 25.8 Å². The van der Waals surface area contributed by atoms with Gasteiger partial charge in [-0.2, -0.15) is 5.26 Å². The van der Waals surface area contributed by atoms with Gasteiger partial charge in [0.05, 0.1) is 18.0 Å². The van der Waals surface area contributed by atoms with Gasteiger partial charge in [0.15, 0.2) is 0 Å². The summed E-state index contributed by atoms with van der Waals surface area (Å²) < 4.78 is 2.02. The Balaban J connectivity index is 1.32. The second kappa shape index (κ2) is 9.92. The average molecular weight is 428 g/mol. The molecule has 1 fully saturated rings. The van der Waals surface area contributed by atoms with Crippen molar-refractivity contribution in [2.75, 3.05) is 18.0 Å². The fourth-order valence-electron chi connectivity index (χ4n) is 4.00. The molecule has 162 valence electrons. The lowest BCUT2D eigenvalue weighted by Crippen LogP contribution is -2.48. The molecule has 0 bridgehead atoms. The van der Waals surface area contributed by atoms with Crippen molar-refractivity contribution in [2.24, 2.45) is 5.92 Å². The Hall–Kier alpha value is -3.92. The van der Waals surface area contributed by atoms with Crippen LogP contribution in [-0.2, 0) is 22.6 Å². The molecule has 32 heavy (non-hydrogen) atoms. The largest absolute Gasteiger partial charge is 0.355 e. The molecule has 1 unspecified atom stereocenters. The molecular weight excluding hydrogens is 402 g/mol. The predicted molar refractivity (Wildman–Crippen MR) is 121 cm³/mol. The first kappa shape index (κ1) is 21.3. The molecule has 7 heteroatoms. The maximum absolute atomic E-state index is 12.9. The van der Waals surface area contributed by atoms with Crippen molar-refractivity contribution in [1.29, 1.82) is 5.26 Å². The van der Waals surface area contributed by atoms with Crippen LogP contribution in [0.2, 0.25) is 0 Å². The van der Waals surface area contributed by atoms with E-state index in [0.29, 0.717) is 38.0 Å². The molecule has 0 aliphatic carbocycles. The third-order valence-corrected chi connectivity index (χ3v) is 5.74. The smallest absolute Gasteiger partial charge is 0.239 e. The Kier molecular flexibility index (Phi) is 6.61. The maximum Gasteiger partial charge on any atom is 0.239 e. The number of carbonyl (C=O) groups excluding carboxylic acids is 2. The number of amides is 2. The zero-order valence-corrected chi connectivity index (χ0v) is 17.8. The minimum atomic E-state index is -0.646. The van der Waals surface area contributed by atoms with E-state index in [4.69, 9.17) is 5.26 Å². The van der Waals surface area contributed by atoms with E-state index in [2.05, 4.69) is 16.4 Å². The number of anilines is 1. The second-order valence-electron chi connectivity index (χ2n) is 7.88. The van der Waals surface area contributed by atoms with Crippen LogP contribution in [0.4, 0.5) is 5.69 Å². The van der Waals surface area contributed by atoms with Crippen molar-refractivity contribution in [3.63, 3.8) is 0 Å². The first-order valence-corrected chi connectivity index (χ1v) is 10.8. The number of nitriles is 1. The molecule has 3 aromatic rings. The molecule has 1 aromatic heterocycles. The zero-order valence-electron chi connectivity index (χ0n) is 17.8. The van der Waals surface area contributed by atoms with E-state index in [1.807, 2.05) is 47.0 Å². The van der Waals surface area contributed by atoms with Gasteiger partial charge in [-0.1, -0.05) is 30.3 Å². The Morgan fingerprint density at radius 1 is 1.16 bits per heavy atom. The summed E-state index contributed by atoms with van der Waals surface area (Å²) in [5.74, 6) is -0.993. The van der Waals surface area contributed by atoms with Crippen molar-refractivity contribution in [3.05, 3.63) is 83.9 Å². The normalized spacial score (nSPS) is 15.9. The van der Waals surface area contributed by atoms with Gasteiger partial charge in [-0.15, -0.1) is 0 Å². The Morgan fingerprint density at radius 2 is 1.94 bits per heavy atom. The number of benzene rings is 2. The average Bonchev–Trinajstić information content (AvgIpc) is 3.27. The van der Waals surface area contributed by atoms with Gasteiger partial charge in [0.1, 0.15) is 5.92 Å². The van der Waals surface area contributed by atoms with E-state index in [9.17, 15) is 9.59 Å². The first-order valence-electron chi connectivity index (χ1n) is 10.8. The van der Waals surface area contributed by atoms with E-state index < -0.39 is 5.92 Å². The molecule has 2 aromatic carbocycles. The summed E-state index contributed by atoms with van der Waals surface area (Å²) in [6, 6.07) is 19.1. The number of imidazole rings is 1. The number of carbonyl (C=O) groups is 2. The maximum atomic E-state index is 12.9. The molecule has 4 rings (SSSR count). The summed E-state index contributed by atoms with van der Waals surface area (Å²) in [4.78, 5) is 31.6. The Labute approximate surface area is 187 Å². The van der Waals surface area contributed by atoms with Crippen LogP contribution in [0.3, 0.4) is 0 Å². The topological polar surface area (TPSA) is 91.0 Å². The molecule has 1 N–H and O–H groups in total. The van der Waals surface area contributed by atoms with Gasteiger partial charge in [-0.25, -0.2) is 4.98 Å². The predicted octanol–water partition coefficient (Wildman–Crippen LogP) is 2.90. The number of nitrogens with one attached hydrogen (secondary N) is 1. The molecule has 0 radical (unpaired) electrons. The van der Waals surface area contributed by atoms with Crippen LogP contribution in [0.25, 0.3) is 0 Å². The summed E-state index contributed by atoms with van der Waals surface area (Å²) >= 11 is 0. The Morgan fingerprint density at radius 3 is 2.69 bits per heavy atom. The number of aromatic nitrogens is 2. The molecule has 7 nitrogen and oxygen atoms in total. The summed E-state index contributed by atoms with van der Waals surface area (Å²) in [7, 11) is 0. The van der Waals surface area contributed by atoms with Crippen molar-refractivity contribution < 1.29 is 9.59 Å². The van der Waals surface area contributed by atoms with Crippen LogP contribution in [-0.4, -0.2) is 34.5 Å². The molecule has 2 heterocycles. The number of hydrogen-bond acceptors (Lipinski definition) is 4. The molecule has 1 saturated heterocycles. The van der Waals surface area contributed by atoms with Crippen LogP contribution in [0.15, 0.2) is 67.1 Å². The molecule has 0 saturated carbocycles. The number of rotatable bonds is 7. The number of hydrogen-bond donors (Lipinski definition) is 1. The number of piperidine rings is 1. The molecule has 1 atom stereocenters. The summed E-state index contributed by atoms with van der Waals surface area (Å²) in [6.07, 6.45) is 5.54. The zero-order chi connectivity index (χ0) is 22.3. The molecule has 1 aliphatic rings. The highest BCUT2D eigenvalue weighted by Gasteiger charge is 2.34. The van der Waals surface area contributed by atoms with Gasteiger partial charge in [0.2, 0.25) is 11.8 Å². The van der Waals surface area contributed by atoms with E-state index in [1.165, 1.54) is 0 Å². The lowest BCUT2D eigenvalue weighted by molar-refractivity contribution is -0.135. The van der Waals surface area contributed by atoms with Gasteiger partial charge in [-0.3, -0.25) is 9.59 Å². The van der Waals surface area contributed by atoms with Gasteiger partial charge in [0.25, 0.3) is 0 Å². The van der Waals surface area contributed by atoms with Gasteiger partial charge < -0.3 is 14.8 Å². The summed E-state index contributed by atoms with van der Waals surface area (Å²) in [5.41, 5.74) is 3.53. The number of para-hydroxylation sites is 1. The van der Waals surface area contributed by atoms with Crippen LogP contribution < -0.4 is 10.2 Å². The van der Waals surface area contributed by atoms with E-state index >= 15 is 0 Å². The van der Waals surface area contributed by atoms with Gasteiger partial charge in [0, 0.05) is 43.6 Å². The van der Waals surface area contributed by atoms with Crippen molar-refractivity contribution in [3.8, 4) is 6.07 Å². The summed E-state index contributed by atoms with van der Waals surface area (Å²) in [5, 5.41) is 11.9. The van der Waals surface area contributed by atoms with Crippen LogP contribution in [0, 0.1) is 17.2 Å². The van der Waals surface area contributed by atoms with E-state index in [-0.39, 0.29) is 11.8 Å². The Bertz CT molecular complexity index is 1120. The third-order valence-electron chi connectivity index (χ3n) is 5.74. The van der Waals surface area contributed by atoms with Crippen LogP contribution in [0.1, 0.15) is 29.7 Å². The van der Waals surface area contributed by atoms with Gasteiger partial charge >= 0.3 is 0 Å². The van der Waals surface area contributed by atoms with E-state index in [0.717, 1.165) is 23.4 Å². The third kappa shape index (κ3) is 4.86. The quantitative estimate of drug-likeness (QED) is 0.587. The lowest BCUT2D eigenvalue weighted by Gasteiger charge is -2.31. The summed E-state index contributed by atoms with van der Waals surface area (Å²) in [6.45, 7) is 1.72. The SMILES string of the molecule is N#Cc1ccc(Cn2cncc2CCNC(=O)C2CCCN(c3ccccc3)C2=O)cc1. The van der Waals surface area contributed by atoms with Crippen LogP contribution in [0.5, 0.6) is 0 Å². The van der Waals surface area contributed by atoms with Crippen molar-refractivity contribution in [1.82, 2.24) is 14.9 Å². The highest BCUT2D eigenvalue weighted by Crippen LogP contribution is 2.24. The van der Waals surface area contributed by atoms with E-state index in [1.54, 1.807) is 29.6 Å². The molecule has 1 aliphatic heterocycles. The minimum Gasteiger partial charge on any atom is -0.355 e.